The summed E-state index contributed by atoms with van der Waals surface area (Å²) in [6, 6.07) is 0. The number of hydrogen-bond donors (Lipinski definition) is 0. The Morgan fingerprint density at radius 1 is 0.500 bits per heavy atom. The number of Topliss-reactive ketones (excluding diaryl/α,β-unsaturated/α-hetero) is 2. The van der Waals surface area contributed by atoms with Crippen LogP contribution in [0.4, 0.5) is 0 Å². The molecule has 2 atom stereocenters. The van der Waals surface area contributed by atoms with Gasteiger partial charge in [0.05, 0.1) is 24.4 Å². The third kappa shape index (κ3) is 24.4. The van der Waals surface area contributed by atoms with E-state index in [1.54, 1.807) is 26.0 Å². The van der Waals surface area contributed by atoms with E-state index in [9.17, 15) is 19.2 Å². The van der Waals surface area contributed by atoms with Crippen LogP contribution in [0.15, 0.2) is 23.3 Å². The van der Waals surface area contributed by atoms with Crippen molar-refractivity contribution in [2.24, 2.45) is 11.8 Å². The zero-order chi connectivity index (χ0) is 32.2. The van der Waals surface area contributed by atoms with Crippen molar-refractivity contribution in [2.75, 3.05) is 13.2 Å². The van der Waals surface area contributed by atoms with Crippen molar-refractivity contribution < 1.29 is 28.7 Å². The van der Waals surface area contributed by atoms with E-state index in [-0.39, 0.29) is 34.5 Å². The van der Waals surface area contributed by atoms with Gasteiger partial charge in [-0.25, -0.2) is 9.59 Å². The summed E-state index contributed by atoms with van der Waals surface area (Å²) in [7, 11) is 0. The Labute approximate surface area is 258 Å². The van der Waals surface area contributed by atoms with Crippen LogP contribution in [-0.4, -0.2) is 36.7 Å². The van der Waals surface area contributed by atoms with Gasteiger partial charge in [0, 0.05) is 0 Å². The number of ketones is 2. The zero-order valence-electron chi connectivity index (χ0n) is 28.5. The minimum Gasteiger partial charge on any atom is -0.462 e. The summed E-state index contributed by atoms with van der Waals surface area (Å²) in [4.78, 5) is 46.4. The lowest BCUT2D eigenvalue weighted by molar-refractivity contribution is -0.141. The van der Waals surface area contributed by atoms with Crippen molar-refractivity contribution in [2.45, 2.75) is 158 Å². The normalized spacial score (nSPS) is 13.0. The fourth-order valence-electron chi connectivity index (χ4n) is 4.66. The Kier molecular flexibility index (Phi) is 28.8. The van der Waals surface area contributed by atoms with Crippen LogP contribution in [-0.2, 0) is 28.7 Å². The molecule has 0 saturated carbocycles. The molecule has 0 N–H and O–H groups in total. The Morgan fingerprint density at radius 2 is 0.786 bits per heavy atom. The van der Waals surface area contributed by atoms with Gasteiger partial charge in [-0.05, 0) is 52.4 Å². The first-order chi connectivity index (χ1) is 20.0. The average molecular weight is 593 g/mol. The molecule has 0 rings (SSSR count). The third-order valence-corrected chi connectivity index (χ3v) is 7.18. The summed E-state index contributed by atoms with van der Waals surface area (Å²) in [5, 5.41) is 0. The van der Waals surface area contributed by atoms with Crippen molar-refractivity contribution in [1.82, 2.24) is 0 Å². The van der Waals surface area contributed by atoms with Gasteiger partial charge in [-0.1, -0.05) is 130 Å². The highest BCUT2D eigenvalue weighted by Gasteiger charge is 2.17. The van der Waals surface area contributed by atoms with Crippen molar-refractivity contribution in [3.63, 3.8) is 0 Å². The molecule has 0 spiro atoms. The van der Waals surface area contributed by atoms with E-state index in [4.69, 9.17) is 9.47 Å². The SMILES string of the molecule is CCCCCCCCCC(C)/C=C(/C(C)=O)C(=O)OCC.CCCCCCCCCC(C)/C=C(\C(C)=O)C(=O)OCC. The fourth-order valence-corrected chi connectivity index (χ4v) is 4.66. The van der Waals surface area contributed by atoms with E-state index in [1.165, 1.54) is 90.9 Å². The molecule has 0 bridgehead atoms. The second-order valence-electron chi connectivity index (χ2n) is 11.5. The summed E-state index contributed by atoms with van der Waals surface area (Å²) in [5.74, 6) is -0.916. The molecule has 0 aromatic rings. The van der Waals surface area contributed by atoms with Gasteiger partial charge in [0.25, 0.3) is 0 Å². The highest BCUT2D eigenvalue weighted by molar-refractivity contribution is 6.16. The molecule has 2 unspecified atom stereocenters. The Balaban J connectivity index is 0. The largest absolute Gasteiger partial charge is 0.462 e. The molecule has 0 saturated heterocycles. The molecule has 0 fully saturated rings. The quantitative estimate of drug-likeness (QED) is 0.0364. The van der Waals surface area contributed by atoms with Crippen molar-refractivity contribution >= 4 is 23.5 Å². The smallest absolute Gasteiger partial charge is 0.341 e. The number of unbranched alkanes of at least 4 members (excludes halogenated alkanes) is 12. The van der Waals surface area contributed by atoms with Gasteiger partial charge in [0.2, 0.25) is 0 Å². The highest BCUT2D eigenvalue weighted by Crippen LogP contribution is 2.17. The highest BCUT2D eigenvalue weighted by atomic mass is 16.5. The van der Waals surface area contributed by atoms with Gasteiger partial charge >= 0.3 is 11.9 Å². The molecule has 0 aromatic carbocycles. The van der Waals surface area contributed by atoms with E-state index in [0.29, 0.717) is 13.2 Å². The predicted molar refractivity (Wildman–Crippen MR) is 174 cm³/mol. The van der Waals surface area contributed by atoms with Gasteiger partial charge in [0.15, 0.2) is 11.6 Å². The first-order valence-corrected chi connectivity index (χ1v) is 16.8. The molecule has 0 radical (unpaired) electrons. The number of allylic oxidation sites excluding steroid dienone is 2. The van der Waals surface area contributed by atoms with E-state index in [1.807, 2.05) is 0 Å². The van der Waals surface area contributed by atoms with Crippen LogP contribution >= 0.6 is 0 Å². The lowest BCUT2D eigenvalue weighted by Gasteiger charge is -2.09. The molecular weight excluding hydrogens is 528 g/mol. The van der Waals surface area contributed by atoms with Crippen LogP contribution in [0, 0.1) is 11.8 Å². The zero-order valence-corrected chi connectivity index (χ0v) is 28.5. The Bertz CT molecular complexity index is 729. The lowest BCUT2D eigenvalue weighted by atomic mass is 9.98. The molecule has 6 heteroatoms. The van der Waals surface area contributed by atoms with Crippen LogP contribution in [0.25, 0.3) is 0 Å². The number of hydrogen-bond acceptors (Lipinski definition) is 6. The molecule has 42 heavy (non-hydrogen) atoms. The Morgan fingerprint density at radius 3 is 1.05 bits per heavy atom. The summed E-state index contributed by atoms with van der Waals surface area (Å²) in [6.07, 6.45) is 23.5. The second kappa shape index (κ2) is 28.9. The molecule has 0 aliphatic heterocycles. The van der Waals surface area contributed by atoms with Gasteiger partial charge < -0.3 is 9.47 Å². The van der Waals surface area contributed by atoms with Crippen LogP contribution in [0.5, 0.6) is 0 Å². The van der Waals surface area contributed by atoms with Crippen LogP contribution < -0.4 is 0 Å². The first-order valence-electron chi connectivity index (χ1n) is 16.8. The van der Waals surface area contributed by atoms with Crippen molar-refractivity contribution in [3.8, 4) is 0 Å². The molecule has 0 heterocycles. The van der Waals surface area contributed by atoms with E-state index in [0.717, 1.165) is 25.7 Å². The Hall–Kier alpha value is -2.24. The summed E-state index contributed by atoms with van der Waals surface area (Å²) in [6.45, 7) is 15.5. The molecule has 244 valence electrons. The minimum absolute atomic E-state index is 0.201. The maximum Gasteiger partial charge on any atom is 0.341 e. The van der Waals surface area contributed by atoms with Crippen LogP contribution in [0.1, 0.15) is 158 Å². The maximum atomic E-state index is 11.7. The number of rotatable bonds is 24. The summed E-state index contributed by atoms with van der Waals surface area (Å²) >= 11 is 0. The molecular formula is C36H64O6. The maximum absolute atomic E-state index is 11.7. The monoisotopic (exact) mass is 592 g/mol. The van der Waals surface area contributed by atoms with Gasteiger partial charge in [0.1, 0.15) is 0 Å². The summed E-state index contributed by atoms with van der Waals surface area (Å²) in [5.41, 5.74) is 0.402. The number of ether oxygens (including phenoxy) is 2. The lowest BCUT2D eigenvalue weighted by Crippen LogP contribution is -2.14. The van der Waals surface area contributed by atoms with Crippen molar-refractivity contribution in [1.29, 1.82) is 0 Å². The molecule has 0 amide bonds. The third-order valence-electron chi connectivity index (χ3n) is 7.18. The second-order valence-corrected chi connectivity index (χ2v) is 11.5. The van der Waals surface area contributed by atoms with Crippen molar-refractivity contribution in [3.05, 3.63) is 23.3 Å². The van der Waals surface area contributed by atoms with Gasteiger partial charge in [-0.15, -0.1) is 0 Å². The van der Waals surface area contributed by atoms with Crippen LogP contribution in [0.2, 0.25) is 0 Å². The molecule has 0 aliphatic rings. The topological polar surface area (TPSA) is 86.7 Å². The van der Waals surface area contributed by atoms with E-state index in [2.05, 4.69) is 27.7 Å². The predicted octanol–water partition coefficient (Wildman–Crippen LogP) is 9.68. The number of carbonyl (C=O) groups is 4. The average Bonchev–Trinajstić information content (AvgIpc) is 2.93. The van der Waals surface area contributed by atoms with E-state index < -0.39 is 11.9 Å². The molecule has 0 aliphatic carbocycles. The molecule has 6 nitrogen and oxygen atoms in total. The first kappa shape index (κ1) is 41.9. The summed E-state index contributed by atoms with van der Waals surface area (Å²) < 4.78 is 9.84. The van der Waals surface area contributed by atoms with Crippen LogP contribution in [0.3, 0.4) is 0 Å². The van der Waals surface area contributed by atoms with Gasteiger partial charge in [-0.2, -0.15) is 0 Å². The fraction of sp³-hybridized carbons (Fsp3) is 0.778. The molecule has 0 aromatic heterocycles. The number of carbonyl (C=O) groups excluding carboxylic acids is 4. The van der Waals surface area contributed by atoms with E-state index >= 15 is 0 Å². The standard InChI is InChI=1S/2C18H32O3/c2*1-5-7-8-9-10-11-12-13-15(3)14-17(16(4)19)18(20)21-6-2/h2*14-15H,5-13H2,1-4H3/b17-14+;17-14-. The minimum atomic E-state index is -0.489. The van der Waals surface area contributed by atoms with Gasteiger partial charge in [-0.3, -0.25) is 9.59 Å². The number of esters is 2.